The standard InChI is InChI=1S/C26H33N5O3/c1-26(2)10-6-14-31(18-24(32)28-13-16-30-15-12-27-20-30)17-21-7-5-11-29-25(21)34-23-9-4-3-8-22(23)33-19-26/h3-5,7-9,11-12,15,20H,6,10,13-14,16-19H2,1-2H3,(H,28,32). The van der Waals surface area contributed by atoms with Crippen LogP contribution in [0, 0.1) is 5.41 Å². The molecule has 1 aliphatic rings. The maximum absolute atomic E-state index is 12.7. The lowest BCUT2D eigenvalue weighted by molar-refractivity contribution is -0.122. The molecule has 8 heteroatoms. The second kappa shape index (κ2) is 11.2. The Morgan fingerprint density at radius 3 is 2.82 bits per heavy atom. The topological polar surface area (TPSA) is 81.5 Å². The number of carbonyl (C=O) groups excluding carboxylic acids is 1. The molecule has 0 bridgehead atoms. The highest BCUT2D eigenvalue weighted by Crippen LogP contribution is 2.34. The van der Waals surface area contributed by atoms with Crippen molar-refractivity contribution in [3.05, 3.63) is 66.9 Å². The van der Waals surface area contributed by atoms with E-state index in [1.54, 1.807) is 18.7 Å². The van der Waals surface area contributed by atoms with Crippen molar-refractivity contribution in [1.82, 2.24) is 24.8 Å². The van der Waals surface area contributed by atoms with Crippen LogP contribution >= 0.6 is 0 Å². The Morgan fingerprint density at radius 2 is 2.00 bits per heavy atom. The fourth-order valence-corrected chi connectivity index (χ4v) is 3.98. The molecule has 1 amide bonds. The Hall–Kier alpha value is -3.39. The van der Waals surface area contributed by atoms with Gasteiger partial charge in [0.15, 0.2) is 11.5 Å². The Balaban J connectivity index is 1.49. The average Bonchev–Trinajstić information content (AvgIpc) is 3.33. The number of ether oxygens (including phenoxy) is 2. The first-order valence-electron chi connectivity index (χ1n) is 11.8. The SMILES string of the molecule is CC1(C)CCCN(CC(=O)NCCn2ccnc2)Cc2cccnc2Oc2ccccc2OC1. The minimum atomic E-state index is -0.00893. The number of amides is 1. The molecule has 2 aromatic heterocycles. The van der Waals surface area contributed by atoms with Crippen molar-refractivity contribution in [3.8, 4) is 17.4 Å². The first kappa shape index (κ1) is 23.8. The lowest BCUT2D eigenvalue weighted by Gasteiger charge is -2.27. The predicted molar refractivity (Wildman–Crippen MR) is 130 cm³/mol. The molecule has 0 saturated heterocycles. The number of hydrogen-bond donors (Lipinski definition) is 1. The molecule has 0 fully saturated rings. The lowest BCUT2D eigenvalue weighted by Crippen LogP contribution is -2.39. The molecule has 180 valence electrons. The summed E-state index contributed by atoms with van der Waals surface area (Å²) in [7, 11) is 0. The molecule has 0 radical (unpaired) electrons. The highest BCUT2D eigenvalue weighted by molar-refractivity contribution is 5.78. The zero-order valence-electron chi connectivity index (χ0n) is 19.9. The second-order valence-electron chi connectivity index (χ2n) is 9.43. The molecule has 0 spiro atoms. The van der Waals surface area contributed by atoms with E-state index in [1.165, 1.54) is 0 Å². The third-order valence-corrected chi connectivity index (χ3v) is 5.86. The van der Waals surface area contributed by atoms with Gasteiger partial charge in [-0.15, -0.1) is 0 Å². The average molecular weight is 464 g/mol. The number of carbonyl (C=O) groups is 1. The van der Waals surface area contributed by atoms with Gasteiger partial charge in [-0.3, -0.25) is 9.69 Å². The summed E-state index contributed by atoms with van der Waals surface area (Å²) in [6.45, 7) is 7.93. The van der Waals surface area contributed by atoms with E-state index in [0.717, 1.165) is 24.9 Å². The number of imidazole rings is 1. The van der Waals surface area contributed by atoms with Gasteiger partial charge in [-0.25, -0.2) is 9.97 Å². The van der Waals surface area contributed by atoms with Crippen LogP contribution in [0.2, 0.25) is 0 Å². The van der Waals surface area contributed by atoms with E-state index in [0.29, 0.717) is 50.2 Å². The maximum atomic E-state index is 12.7. The first-order chi connectivity index (χ1) is 16.5. The van der Waals surface area contributed by atoms with Crippen LogP contribution in [0.4, 0.5) is 0 Å². The van der Waals surface area contributed by atoms with Crippen LogP contribution in [-0.2, 0) is 17.9 Å². The summed E-state index contributed by atoms with van der Waals surface area (Å²) in [5.41, 5.74) is 0.923. The van der Waals surface area contributed by atoms with Gasteiger partial charge in [0, 0.05) is 43.8 Å². The van der Waals surface area contributed by atoms with Crippen molar-refractivity contribution in [3.63, 3.8) is 0 Å². The largest absolute Gasteiger partial charge is 0.489 e. The van der Waals surface area contributed by atoms with Crippen molar-refractivity contribution < 1.29 is 14.3 Å². The smallest absolute Gasteiger partial charge is 0.234 e. The predicted octanol–water partition coefficient (Wildman–Crippen LogP) is 3.89. The van der Waals surface area contributed by atoms with Crippen LogP contribution < -0.4 is 14.8 Å². The number of nitrogens with one attached hydrogen (secondary N) is 1. The second-order valence-corrected chi connectivity index (χ2v) is 9.43. The number of aromatic nitrogens is 3. The number of para-hydroxylation sites is 2. The van der Waals surface area contributed by atoms with E-state index in [9.17, 15) is 4.79 Å². The van der Waals surface area contributed by atoms with Gasteiger partial charge in [-0.05, 0) is 43.0 Å². The number of fused-ring (bicyclic) bond motifs is 2. The summed E-state index contributed by atoms with van der Waals surface area (Å²) in [5.74, 6) is 1.88. The van der Waals surface area contributed by atoms with Crippen LogP contribution in [0.3, 0.4) is 0 Å². The van der Waals surface area contributed by atoms with E-state index in [2.05, 4.69) is 34.0 Å². The number of pyridine rings is 1. The van der Waals surface area contributed by atoms with Gasteiger partial charge in [-0.1, -0.05) is 32.0 Å². The van der Waals surface area contributed by atoms with E-state index in [-0.39, 0.29) is 11.3 Å². The summed E-state index contributed by atoms with van der Waals surface area (Å²) in [4.78, 5) is 23.4. The molecule has 0 unspecified atom stereocenters. The number of nitrogens with zero attached hydrogens (tertiary/aromatic N) is 4. The minimum absolute atomic E-state index is 0.00345. The third kappa shape index (κ3) is 6.81. The van der Waals surface area contributed by atoms with E-state index >= 15 is 0 Å². The number of rotatable bonds is 5. The Labute approximate surface area is 200 Å². The summed E-state index contributed by atoms with van der Waals surface area (Å²) >= 11 is 0. The molecule has 1 aliphatic heterocycles. The molecule has 8 nitrogen and oxygen atoms in total. The fraction of sp³-hybridized carbons (Fsp3) is 0.423. The highest BCUT2D eigenvalue weighted by atomic mass is 16.5. The summed E-state index contributed by atoms with van der Waals surface area (Å²) < 4.78 is 14.3. The van der Waals surface area contributed by atoms with Gasteiger partial charge in [-0.2, -0.15) is 0 Å². The van der Waals surface area contributed by atoms with Gasteiger partial charge >= 0.3 is 0 Å². The van der Waals surface area contributed by atoms with Gasteiger partial charge in [0.1, 0.15) is 0 Å². The molecule has 0 saturated carbocycles. The van der Waals surface area contributed by atoms with Crippen molar-refractivity contribution in [1.29, 1.82) is 0 Å². The number of benzene rings is 1. The minimum Gasteiger partial charge on any atom is -0.489 e. The Morgan fingerprint density at radius 1 is 1.15 bits per heavy atom. The van der Waals surface area contributed by atoms with Crippen molar-refractivity contribution in [2.75, 3.05) is 26.2 Å². The molecule has 3 heterocycles. The van der Waals surface area contributed by atoms with Crippen LogP contribution in [-0.4, -0.2) is 51.6 Å². The van der Waals surface area contributed by atoms with E-state index in [1.807, 2.05) is 47.2 Å². The van der Waals surface area contributed by atoms with Gasteiger partial charge in [0.2, 0.25) is 11.8 Å². The molecule has 1 N–H and O–H groups in total. The maximum Gasteiger partial charge on any atom is 0.234 e. The molecule has 1 aromatic carbocycles. The van der Waals surface area contributed by atoms with Crippen molar-refractivity contribution in [2.45, 2.75) is 39.8 Å². The number of hydrogen-bond acceptors (Lipinski definition) is 6. The zero-order chi connectivity index (χ0) is 23.8. The van der Waals surface area contributed by atoms with Crippen molar-refractivity contribution >= 4 is 5.91 Å². The highest BCUT2D eigenvalue weighted by Gasteiger charge is 2.23. The quantitative estimate of drug-likeness (QED) is 0.618. The molecular weight excluding hydrogens is 430 g/mol. The van der Waals surface area contributed by atoms with Gasteiger partial charge < -0.3 is 19.4 Å². The van der Waals surface area contributed by atoms with Gasteiger partial charge in [0.05, 0.1) is 19.5 Å². The third-order valence-electron chi connectivity index (χ3n) is 5.86. The lowest BCUT2D eigenvalue weighted by atomic mass is 9.88. The zero-order valence-corrected chi connectivity index (χ0v) is 19.9. The summed E-state index contributed by atoms with van der Waals surface area (Å²) in [6.07, 6.45) is 9.03. The normalized spacial score (nSPS) is 16.4. The summed E-state index contributed by atoms with van der Waals surface area (Å²) in [5, 5.41) is 3.02. The van der Waals surface area contributed by atoms with E-state index in [4.69, 9.17) is 9.47 Å². The Bertz CT molecular complexity index is 1070. The van der Waals surface area contributed by atoms with Crippen LogP contribution in [0.25, 0.3) is 0 Å². The van der Waals surface area contributed by atoms with Crippen molar-refractivity contribution in [2.24, 2.45) is 5.41 Å². The van der Waals surface area contributed by atoms with E-state index < -0.39 is 0 Å². The monoisotopic (exact) mass is 463 g/mol. The molecule has 4 rings (SSSR count). The van der Waals surface area contributed by atoms with Crippen LogP contribution in [0.15, 0.2) is 61.3 Å². The fourth-order valence-electron chi connectivity index (χ4n) is 3.98. The summed E-state index contributed by atoms with van der Waals surface area (Å²) in [6, 6.07) is 11.6. The Kier molecular flexibility index (Phi) is 7.80. The van der Waals surface area contributed by atoms with Crippen LogP contribution in [0.1, 0.15) is 32.3 Å². The molecular formula is C26H33N5O3. The molecule has 34 heavy (non-hydrogen) atoms. The first-order valence-corrected chi connectivity index (χ1v) is 11.8. The molecule has 3 aromatic rings. The molecule has 0 aliphatic carbocycles. The van der Waals surface area contributed by atoms with Crippen LogP contribution in [0.5, 0.6) is 17.4 Å². The van der Waals surface area contributed by atoms with Gasteiger partial charge in [0.25, 0.3) is 0 Å². The molecule has 0 atom stereocenters.